The van der Waals surface area contributed by atoms with E-state index >= 15 is 0 Å². The molecule has 39 heavy (non-hydrogen) atoms. The molecule has 0 radical (unpaired) electrons. The number of rotatable bonds is 7. The summed E-state index contributed by atoms with van der Waals surface area (Å²) in [6.45, 7) is 8.11. The molecule has 4 saturated heterocycles. The number of halogens is 1. The topological polar surface area (TPSA) is 64.7 Å². The fraction of sp³-hybridized carbons (Fsp3) is 0.548. The molecule has 5 heterocycles. The molecule has 7 nitrogen and oxygen atoms in total. The lowest BCUT2D eigenvalue weighted by Gasteiger charge is -2.53. The van der Waals surface area contributed by atoms with E-state index in [1.54, 1.807) is 11.6 Å². The minimum Gasteiger partial charge on any atom is -1.00 e. The van der Waals surface area contributed by atoms with E-state index in [0.29, 0.717) is 11.5 Å². The van der Waals surface area contributed by atoms with Crippen LogP contribution in [0.2, 0.25) is 0 Å². The number of hydrogen-bond donors (Lipinski definition) is 0. The van der Waals surface area contributed by atoms with Gasteiger partial charge in [-0.15, -0.1) is 0 Å². The number of carbonyl (C=O) groups is 1. The largest absolute Gasteiger partial charge is 1.00 e. The highest BCUT2D eigenvalue weighted by Gasteiger charge is 2.50. The first-order chi connectivity index (χ1) is 18.4. The normalized spacial score (nSPS) is 26.6. The van der Waals surface area contributed by atoms with Crippen LogP contribution < -0.4 is 22.7 Å². The van der Waals surface area contributed by atoms with Crippen LogP contribution in [0.1, 0.15) is 50.2 Å². The summed E-state index contributed by atoms with van der Waals surface area (Å²) in [5.74, 6) is 0.0381. The Labute approximate surface area is 241 Å². The minimum absolute atomic E-state index is 0. The van der Waals surface area contributed by atoms with Crippen LogP contribution in [-0.2, 0) is 28.5 Å². The van der Waals surface area contributed by atoms with Crippen LogP contribution in [0.5, 0.6) is 0 Å². The number of fused-ring (bicyclic) bond motifs is 4. The van der Waals surface area contributed by atoms with Crippen LogP contribution in [0, 0.1) is 5.92 Å². The highest BCUT2D eigenvalue weighted by molar-refractivity contribution is 5.82. The van der Waals surface area contributed by atoms with E-state index in [1.807, 2.05) is 30.3 Å². The summed E-state index contributed by atoms with van der Waals surface area (Å²) in [5, 5.41) is 0. The van der Waals surface area contributed by atoms with Gasteiger partial charge in [0.2, 0.25) is 0 Å². The van der Waals surface area contributed by atoms with E-state index in [9.17, 15) is 9.59 Å². The van der Waals surface area contributed by atoms with Gasteiger partial charge >= 0.3 is 11.7 Å². The van der Waals surface area contributed by atoms with Gasteiger partial charge in [0, 0.05) is 32.2 Å². The highest BCUT2D eigenvalue weighted by Crippen LogP contribution is 2.39. The van der Waals surface area contributed by atoms with Gasteiger partial charge in [-0.2, -0.15) is 0 Å². The summed E-state index contributed by atoms with van der Waals surface area (Å²) in [7, 11) is 1.74. The number of likely N-dealkylation sites (tertiary alicyclic amines) is 1. The molecule has 8 heteroatoms. The zero-order valence-corrected chi connectivity index (χ0v) is 24.7. The Morgan fingerprint density at radius 3 is 2.51 bits per heavy atom. The van der Waals surface area contributed by atoms with Crippen LogP contribution in [0.25, 0.3) is 11.1 Å². The van der Waals surface area contributed by atoms with Crippen molar-refractivity contribution in [1.29, 1.82) is 0 Å². The molecule has 2 aromatic carbocycles. The number of esters is 1. The van der Waals surface area contributed by atoms with Crippen molar-refractivity contribution in [2.45, 2.75) is 57.1 Å². The second-order valence-electron chi connectivity index (χ2n) is 11.9. The standard InChI is InChI=1S/C31H40N3O4.BrH/c1-31(25-9-5-3-6-10-25,33-16-7-4-8-17-33)29(35)37-28-22-34(19-14-24(28)15-20-34)18-13-23-11-12-26-27(21-23)38-30(36)32(26)2;/h3,5-6,9-12,21,24,28H,4,7-8,13-20,22H2,1-2H3;1H/q+1;/p-1/t24?,28-,31-,34?;/m0./s1. The van der Waals surface area contributed by atoms with E-state index in [2.05, 4.69) is 30.0 Å². The quantitative estimate of drug-likeness (QED) is 0.303. The van der Waals surface area contributed by atoms with Crippen molar-refractivity contribution >= 4 is 17.1 Å². The predicted molar refractivity (Wildman–Crippen MR) is 147 cm³/mol. The molecule has 4 aliphatic heterocycles. The molecule has 0 amide bonds. The molecule has 0 spiro atoms. The SMILES string of the molecule is Cn1c(=O)oc2cc(CC[N+]34CCC(CC3)[C@@H](OC(=O)[C@](C)(c3ccccc3)N3CCCCC3)C4)ccc21.[Br-]. The smallest absolute Gasteiger partial charge is 0.419 e. The molecule has 2 atom stereocenters. The number of benzene rings is 2. The third-order valence-corrected chi connectivity index (χ3v) is 9.75. The fourth-order valence-corrected chi connectivity index (χ4v) is 7.15. The van der Waals surface area contributed by atoms with Gasteiger partial charge in [-0.3, -0.25) is 9.47 Å². The van der Waals surface area contributed by atoms with E-state index in [4.69, 9.17) is 9.15 Å². The van der Waals surface area contributed by atoms with E-state index in [0.717, 1.165) is 86.9 Å². The average molecular weight is 599 g/mol. The van der Waals surface area contributed by atoms with Gasteiger partial charge in [0.05, 0.1) is 25.2 Å². The van der Waals surface area contributed by atoms with Gasteiger partial charge in [-0.1, -0.05) is 42.8 Å². The van der Waals surface area contributed by atoms with Crippen LogP contribution in [0.4, 0.5) is 0 Å². The Hall–Kier alpha value is -2.42. The lowest BCUT2D eigenvalue weighted by atomic mass is 9.82. The number of hydrogen-bond acceptors (Lipinski definition) is 5. The molecule has 3 aromatic rings. The number of quaternary nitrogens is 1. The first kappa shape index (κ1) is 28.1. The van der Waals surface area contributed by atoms with Crippen molar-refractivity contribution in [3.63, 3.8) is 0 Å². The minimum atomic E-state index is -0.756. The second-order valence-corrected chi connectivity index (χ2v) is 11.9. The summed E-state index contributed by atoms with van der Waals surface area (Å²) in [4.78, 5) is 28.3. The number of nitrogens with zero attached hydrogens (tertiary/aromatic N) is 3. The van der Waals surface area contributed by atoms with Crippen molar-refractivity contribution in [3.05, 3.63) is 70.2 Å². The van der Waals surface area contributed by atoms with Crippen molar-refractivity contribution in [3.8, 4) is 0 Å². The maximum atomic E-state index is 14.0. The Bertz CT molecular complexity index is 1360. The van der Waals surface area contributed by atoms with Crippen LogP contribution >= 0.6 is 0 Å². The summed E-state index contributed by atoms with van der Waals surface area (Å²) >= 11 is 0. The summed E-state index contributed by atoms with van der Waals surface area (Å²) in [6.07, 6.45) is 6.57. The Morgan fingerprint density at radius 1 is 1.08 bits per heavy atom. The van der Waals surface area contributed by atoms with Crippen LogP contribution in [-0.4, -0.2) is 65.3 Å². The number of oxazole rings is 1. The number of ether oxygens (including phenoxy) is 1. The van der Waals surface area contributed by atoms with Crippen molar-refractivity contribution in [2.75, 3.05) is 39.3 Å². The molecule has 4 aliphatic rings. The summed E-state index contributed by atoms with van der Waals surface area (Å²) in [6, 6.07) is 16.3. The predicted octanol–water partition coefficient (Wildman–Crippen LogP) is 1.23. The molecule has 4 fully saturated rings. The van der Waals surface area contributed by atoms with Gasteiger partial charge in [-0.25, -0.2) is 9.59 Å². The lowest BCUT2D eigenvalue weighted by Crippen LogP contribution is -3.00. The first-order valence-corrected chi connectivity index (χ1v) is 14.3. The highest BCUT2D eigenvalue weighted by atomic mass is 79.9. The number of aryl methyl sites for hydroxylation is 1. The Kier molecular flexibility index (Phi) is 8.09. The number of aromatic nitrogens is 1. The van der Waals surface area contributed by atoms with Gasteiger partial charge in [0.1, 0.15) is 12.1 Å². The zero-order chi connectivity index (χ0) is 26.3. The first-order valence-electron chi connectivity index (χ1n) is 14.3. The zero-order valence-electron chi connectivity index (χ0n) is 23.1. The van der Waals surface area contributed by atoms with Gasteiger partial charge < -0.3 is 30.6 Å². The number of carbonyl (C=O) groups excluding carboxylic acids is 1. The Morgan fingerprint density at radius 2 is 1.79 bits per heavy atom. The third kappa shape index (κ3) is 5.23. The molecule has 0 unspecified atom stereocenters. The maximum absolute atomic E-state index is 14.0. The average Bonchev–Trinajstić information content (AvgIpc) is 3.25. The van der Waals surface area contributed by atoms with Crippen LogP contribution in [0.3, 0.4) is 0 Å². The third-order valence-electron chi connectivity index (χ3n) is 9.75. The van der Waals surface area contributed by atoms with Crippen molar-refractivity contribution in [2.24, 2.45) is 13.0 Å². The van der Waals surface area contributed by atoms with E-state index in [-0.39, 0.29) is 34.8 Å². The number of piperidine rings is 4. The van der Waals surface area contributed by atoms with Crippen LogP contribution in [0.15, 0.2) is 57.7 Å². The molecule has 7 rings (SSSR count). The molecular weight excluding hydrogens is 558 g/mol. The monoisotopic (exact) mass is 597 g/mol. The molecule has 0 saturated carbocycles. The van der Waals surface area contributed by atoms with Gasteiger partial charge in [-0.05, 0) is 56.1 Å². The molecule has 0 aliphatic carbocycles. The van der Waals surface area contributed by atoms with Crippen molar-refractivity contribution < 1.29 is 35.4 Å². The lowest BCUT2D eigenvalue weighted by molar-refractivity contribution is -0.946. The van der Waals surface area contributed by atoms with Gasteiger partial charge in [0.25, 0.3) is 0 Å². The fourth-order valence-electron chi connectivity index (χ4n) is 7.15. The molecule has 2 bridgehead atoms. The molecule has 1 aromatic heterocycles. The van der Waals surface area contributed by atoms with Gasteiger partial charge in [0.15, 0.2) is 11.7 Å². The van der Waals surface area contributed by atoms with E-state index < -0.39 is 5.54 Å². The second kappa shape index (κ2) is 11.2. The molecule has 0 N–H and O–H groups in total. The van der Waals surface area contributed by atoms with Crippen molar-refractivity contribution in [1.82, 2.24) is 9.47 Å². The summed E-state index contributed by atoms with van der Waals surface area (Å²) in [5.41, 5.74) is 2.93. The summed E-state index contributed by atoms with van der Waals surface area (Å²) < 4.78 is 14.5. The maximum Gasteiger partial charge on any atom is 0.419 e. The molecule has 210 valence electrons. The Balaban J connectivity index is 0.00000308. The molecular formula is C31H40BrN3O4. The van der Waals surface area contributed by atoms with E-state index in [1.165, 1.54) is 12.0 Å².